The summed E-state index contributed by atoms with van der Waals surface area (Å²) in [6.45, 7) is 11.5. The summed E-state index contributed by atoms with van der Waals surface area (Å²) >= 11 is 0. The second kappa shape index (κ2) is 8.21. The lowest BCUT2D eigenvalue weighted by molar-refractivity contribution is 0.131. The largest absolute Gasteiger partial charge is 0.383 e. The van der Waals surface area contributed by atoms with Crippen molar-refractivity contribution in [2.24, 2.45) is 17.6 Å². The third kappa shape index (κ3) is 7.30. The van der Waals surface area contributed by atoms with Gasteiger partial charge in [0, 0.05) is 26.7 Å². The van der Waals surface area contributed by atoms with Crippen LogP contribution in [-0.2, 0) is 4.74 Å². The lowest BCUT2D eigenvalue weighted by Gasteiger charge is -2.26. The Morgan fingerprint density at radius 2 is 1.86 bits per heavy atom. The Hall–Kier alpha value is -0.120. The summed E-state index contributed by atoms with van der Waals surface area (Å²) < 4.78 is 5.10. The van der Waals surface area contributed by atoms with Crippen molar-refractivity contribution in [2.75, 3.05) is 39.9 Å². The first-order chi connectivity index (χ1) is 6.60. The smallest absolute Gasteiger partial charge is 0.0589 e. The van der Waals surface area contributed by atoms with Gasteiger partial charge in [0.05, 0.1) is 6.61 Å². The molecule has 86 valence electrons. The third-order valence-electron chi connectivity index (χ3n) is 2.21. The number of hydrogen-bond donors (Lipinski definition) is 1. The van der Waals surface area contributed by atoms with Crippen LogP contribution in [0.15, 0.2) is 0 Å². The van der Waals surface area contributed by atoms with E-state index in [1.807, 2.05) is 0 Å². The van der Waals surface area contributed by atoms with Crippen molar-refractivity contribution in [2.45, 2.75) is 20.8 Å². The highest BCUT2D eigenvalue weighted by molar-refractivity contribution is 4.64. The van der Waals surface area contributed by atoms with Gasteiger partial charge in [0.15, 0.2) is 0 Å². The number of hydrogen-bond acceptors (Lipinski definition) is 3. The lowest BCUT2D eigenvalue weighted by atomic mass is 10.1. The van der Waals surface area contributed by atoms with E-state index in [0.29, 0.717) is 11.8 Å². The van der Waals surface area contributed by atoms with Crippen LogP contribution in [0.3, 0.4) is 0 Å². The zero-order chi connectivity index (χ0) is 11.0. The Morgan fingerprint density at radius 1 is 1.21 bits per heavy atom. The van der Waals surface area contributed by atoms with E-state index in [2.05, 4.69) is 25.7 Å². The summed E-state index contributed by atoms with van der Waals surface area (Å²) in [7, 11) is 1.75. The minimum absolute atomic E-state index is 0.575. The van der Waals surface area contributed by atoms with Gasteiger partial charge in [-0.3, -0.25) is 0 Å². The Balaban J connectivity index is 3.83. The van der Waals surface area contributed by atoms with Crippen LogP contribution in [0.2, 0.25) is 0 Å². The van der Waals surface area contributed by atoms with E-state index in [9.17, 15) is 0 Å². The average Bonchev–Trinajstić information content (AvgIpc) is 2.13. The van der Waals surface area contributed by atoms with Gasteiger partial charge in [-0.15, -0.1) is 0 Å². The summed E-state index contributed by atoms with van der Waals surface area (Å²) in [6.07, 6.45) is 0. The molecule has 0 aromatic rings. The second-order valence-electron chi connectivity index (χ2n) is 4.49. The molecule has 0 saturated heterocycles. The normalized spacial score (nSPS) is 13.9. The Bertz CT molecular complexity index is 128. The molecule has 1 atom stereocenters. The van der Waals surface area contributed by atoms with Crippen LogP contribution in [0.5, 0.6) is 0 Å². The van der Waals surface area contributed by atoms with Crippen LogP contribution in [0, 0.1) is 11.8 Å². The summed E-state index contributed by atoms with van der Waals surface area (Å²) in [6, 6.07) is 0. The van der Waals surface area contributed by atoms with Crippen molar-refractivity contribution in [3.8, 4) is 0 Å². The van der Waals surface area contributed by atoms with Crippen LogP contribution >= 0.6 is 0 Å². The molecule has 2 N–H and O–H groups in total. The molecule has 1 unspecified atom stereocenters. The summed E-state index contributed by atoms with van der Waals surface area (Å²) in [5, 5.41) is 0. The van der Waals surface area contributed by atoms with E-state index in [4.69, 9.17) is 10.5 Å². The number of nitrogens with two attached hydrogens (primary N) is 1. The topological polar surface area (TPSA) is 38.5 Å². The molecule has 0 radical (unpaired) electrons. The van der Waals surface area contributed by atoms with Gasteiger partial charge in [-0.05, 0) is 18.4 Å². The van der Waals surface area contributed by atoms with Gasteiger partial charge in [-0.25, -0.2) is 0 Å². The Kier molecular flexibility index (Phi) is 8.14. The molecule has 0 bridgehead atoms. The Morgan fingerprint density at radius 3 is 2.29 bits per heavy atom. The standard InChI is InChI=1S/C11H26N2O/c1-10(2)8-13(5-6-14-4)9-11(3)7-12/h10-11H,5-9,12H2,1-4H3. The van der Waals surface area contributed by atoms with Crippen molar-refractivity contribution >= 4 is 0 Å². The third-order valence-corrected chi connectivity index (χ3v) is 2.21. The molecule has 0 heterocycles. The first kappa shape index (κ1) is 13.9. The van der Waals surface area contributed by atoms with Gasteiger partial charge >= 0.3 is 0 Å². The van der Waals surface area contributed by atoms with Crippen molar-refractivity contribution in [3.63, 3.8) is 0 Å². The van der Waals surface area contributed by atoms with Crippen molar-refractivity contribution < 1.29 is 4.74 Å². The highest BCUT2D eigenvalue weighted by Crippen LogP contribution is 2.02. The molecule has 14 heavy (non-hydrogen) atoms. The van der Waals surface area contributed by atoms with E-state index < -0.39 is 0 Å². The average molecular weight is 202 g/mol. The number of rotatable bonds is 8. The van der Waals surface area contributed by atoms with Gasteiger partial charge in [-0.2, -0.15) is 0 Å². The first-order valence-corrected chi connectivity index (χ1v) is 5.51. The monoisotopic (exact) mass is 202 g/mol. The van der Waals surface area contributed by atoms with Crippen LogP contribution in [-0.4, -0.2) is 44.8 Å². The molecule has 0 aromatic heterocycles. The van der Waals surface area contributed by atoms with Crippen molar-refractivity contribution in [3.05, 3.63) is 0 Å². The quantitative estimate of drug-likeness (QED) is 0.642. The fraction of sp³-hybridized carbons (Fsp3) is 1.00. The summed E-state index contributed by atoms with van der Waals surface area (Å²) in [5.74, 6) is 1.28. The lowest BCUT2D eigenvalue weighted by Crippen LogP contribution is -2.36. The van der Waals surface area contributed by atoms with E-state index >= 15 is 0 Å². The molecule has 0 saturated carbocycles. The Labute approximate surface area is 88.6 Å². The SMILES string of the molecule is COCCN(CC(C)C)CC(C)CN. The van der Waals surface area contributed by atoms with Crippen LogP contribution < -0.4 is 5.73 Å². The van der Waals surface area contributed by atoms with Crippen LogP contribution in [0.25, 0.3) is 0 Å². The molecular weight excluding hydrogens is 176 g/mol. The zero-order valence-corrected chi connectivity index (χ0v) is 10.1. The highest BCUT2D eigenvalue weighted by atomic mass is 16.5. The van der Waals surface area contributed by atoms with Gasteiger partial charge in [0.2, 0.25) is 0 Å². The second-order valence-corrected chi connectivity index (χ2v) is 4.49. The predicted molar refractivity (Wildman–Crippen MR) is 61.4 cm³/mol. The van der Waals surface area contributed by atoms with E-state index in [-0.39, 0.29) is 0 Å². The molecule has 0 spiro atoms. The van der Waals surface area contributed by atoms with Crippen LogP contribution in [0.1, 0.15) is 20.8 Å². The van der Waals surface area contributed by atoms with Gasteiger partial charge in [0.25, 0.3) is 0 Å². The van der Waals surface area contributed by atoms with E-state index in [1.54, 1.807) is 7.11 Å². The van der Waals surface area contributed by atoms with Gasteiger partial charge in [0.1, 0.15) is 0 Å². The zero-order valence-electron chi connectivity index (χ0n) is 10.1. The molecule has 0 aliphatic carbocycles. The molecule has 0 amide bonds. The molecule has 0 fully saturated rings. The predicted octanol–water partition coefficient (Wildman–Crippen LogP) is 1.19. The first-order valence-electron chi connectivity index (χ1n) is 5.51. The molecule has 3 heteroatoms. The maximum absolute atomic E-state index is 5.62. The molecular formula is C11H26N2O. The summed E-state index contributed by atoms with van der Waals surface area (Å²) in [4.78, 5) is 2.44. The molecule has 0 aliphatic heterocycles. The minimum Gasteiger partial charge on any atom is -0.383 e. The van der Waals surface area contributed by atoms with Gasteiger partial charge < -0.3 is 15.4 Å². The molecule has 0 aliphatic rings. The number of nitrogens with zero attached hydrogens (tertiary/aromatic N) is 1. The molecule has 3 nitrogen and oxygen atoms in total. The minimum atomic E-state index is 0.575. The number of ether oxygens (including phenoxy) is 1. The molecule has 0 aromatic carbocycles. The van der Waals surface area contributed by atoms with Gasteiger partial charge in [-0.1, -0.05) is 20.8 Å². The van der Waals surface area contributed by atoms with Crippen molar-refractivity contribution in [1.82, 2.24) is 4.90 Å². The van der Waals surface area contributed by atoms with E-state index in [0.717, 1.165) is 32.8 Å². The number of methoxy groups -OCH3 is 1. The molecule has 0 rings (SSSR count). The van der Waals surface area contributed by atoms with Crippen molar-refractivity contribution in [1.29, 1.82) is 0 Å². The van der Waals surface area contributed by atoms with E-state index in [1.165, 1.54) is 0 Å². The fourth-order valence-corrected chi connectivity index (χ4v) is 1.51. The maximum atomic E-state index is 5.62. The summed E-state index contributed by atoms with van der Waals surface area (Å²) in [5.41, 5.74) is 5.62. The van der Waals surface area contributed by atoms with Crippen LogP contribution in [0.4, 0.5) is 0 Å². The highest BCUT2D eigenvalue weighted by Gasteiger charge is 2.10. The maximum Gasteiger partial charge on any atom is 0.0589 e. The fourth-order valence-electron chi connectivity index (χ4n) is 1.51.